The minimum Gasteiger partial charge on any atom is -0.492 e. The Hall–Kier alpha value is -0.730. The van der Waals surface area contributed by atoms with Gasteiger partial charge in [0.2, 0.25) is 0 Å². The lowest BCUT2D eigenvalue weighted by molar-refractivity contribution is 0.0905. The Labute approximate surface area is 131 Å². The second-order valence-electron chi connectivity index (χ2n) is 4.83. The molecule has 1 aromatic carbocycles. The first-order valence-electron chi connectivity index (χ1n) is 7.21. The van der Waals surface area contributed by atoms with Gasteiger partial charge in [-0.1, -0.05) is 49.9 Å². The van der Waals surface area contributed by atoms with Crippen LogP contribution < -0.4 is 4.74 Å². The minimum atomic E-state index is 0.0245. The van der Waals surface area contributed by atoms with Crippen LogP contribution in [0.15, 0.2) is 12.1 Å². The molecule has 20 heavy (non-hydrogen) atoms. The van der Waals surface area contributed by atoms with E-state index in [0.717, 1.165) is 25.7 Å². The molecule has 0 aliphatic carbocycles. The van der Waals surface area contributed by atoms with Crippen LogP contribution in [-0.2, 0) is 0 Å². The molecule has 0 bridgehead atoms. The molecule has 0 heterocycles. The summed E-state index contributed by atoms with van der Waals surface area (Å²) in [6.45, 7) is 6.56. The predicted octanol–water partition coefficient (Wildman–Crippen LogP) is 5.79. The zero-order valence-corrected chi connectivity index (χ0v) is 13.9. The van der Waals surface area contributed by atoms with Crippen molar-refractivity contribution in [2.24, 2.45) is 5.92 Å². The fraction of sp³-hybridized carbons (Fsp3) is 0.562. The second kappa shape index (κ2) is 8.53. The third-order valence-electron chi connectivity index (χ3n) is 3.23. The van der Waals surface area contributed by atoms with Crippen molar-refractivity contribution in [2.75, 3.05) is 6.61 Å². The van der Waals surface area contributed by atoms with Gasteiger partial charge >= 0.3 is 0 Å². The zero-order valence-electron chi connectivity index (χ0n) is 12.3. The number of benzene rings is 1. The maximum Gasteiger partial charge on any atom is 0.167 e. The van der Waals surface area contributed by atoms with Crippen LogP contribution in [-0.4, -0.2) is 12.4 Å². The normalized spacial score (nSPS) is 10.9. The first-order chi connectivity index (χ1) is 9.54. The number of ether oxygens (including phenoxy) is 1. The Morgan fingerprint density at radius 1 is 1.10 bits per heavy atom. The zero-order chi connectivity index (χ0) is 15.1. The summed E-state index contributed by atoms with van der Waals surface area (Å²) in [6.07, 6.45) is 3.74. The first-order valence-corrected chi connectivity index (χ1v) is 7.96. The van der Waals surface area contributed by atoms with Crippen molar-refractivity contribution in [3.8, 4) is 5.75 Å². The summed E-state index contributed by atoms with van der Waals surface area (Å²) >= 11 is 12.4. The number of ketones is 1. The van der Waals surface area contributed by atoms with Gasteiger partial charge in [0.05, 0.1) is 16.7 Å². The molecular formula is C16H22Cl2O2. The highest BCUT2D eigenvalue weighted by Crippen LogP contribution is 2.33. The molecule has 1 rings (SSSR count). The van der Waals surface area contributed by atoms with Crippen molar-refractivity contribution >= 4 is 29.0 Å². The minimum absolute atomic E-state index is 0.0245. The van der Waals surface area contributed by atoms with Crippen molar-refractivity contribution in [3.05, 3.63) is 27.7 Å². The van der Waals surface area contributed by atoms with E-state index in [1.807, 2.05) is 6.92 Å². The van der Waals surface area contributed by atoms with E-state index in [2.05, 4.69) is 13.8 Å². The molecule has 112 valence electrons. The Morgan fingerprint density at radius 3 is 2.20 bits per heavy atom. The molecule has 1 aromatic rings. The number of Topliss-reactive ketones (excluding diaryl/α,β-unsaturated/α-hetero) is 1. The molecule has 0 radical (unpaired) electrons. The van der Waals surface area contributed by atoms with E-state index in [1.54, 1.807) is 12.1 Å². The van der Waals surface area contributed by atoms with Crippen LogP contribution in [0.3, 0.4) is 0 Å². The largest absolute Gasteiger partial charge is 0.492 e. The highest BCUT2D eigenvalue weighted by atomic mass is 35.5. The molecule has 0 aromatic heterocycles. The van der Waals surface area contributed by atoms with E-state index in [4.69, 9.17) is 27.9 Å². The van der Waals surface area contributed by atoms with Gasteiger partial charge in [-0.25, -0.2) is 0 Å². The van der Waals surface area contributed by atoms with Gasteiger partial charge in [0, 0.05) is 17.5 Å². The average Bonchev–Trinajstić information content (AvgIpc) is 2.42. The summed E-state index contributed by atoms with van der Waals surface area (Å²) < 4.78 is 5.38. The predicted molar refractivity (Wildman–Crippen MR) is 85.3 cm³/mol. The van der Waals surface area contributed by atoms with E-state index < -0.39 is 0 Å². The lowest BCUT2D eigenvalue weighted by atomic mass is 9.90. The van der Waals surface area contributed by atoms with Crippen LogP contribution in [0.4, 0.5) is 0 Å². The molecule has 0 fully saturated rings. The summed E-state index contributed by atoms with van der Waals surface area (Å²) in [4.78, 5) is 12.6. The van der Waals surface area contributed by atoms with Gasteiger partial charge in [-0.05, 0) is 25.8 Å². The summed E-state index contributed by atoms with van der Waals surface area (Å²) in [6, 6.07) is 3.27. The van der Waals surface area contributed by atoms with Gasteiger partial charge in [-0.3, -0.25) is 4.79 Å². The number of carbonyl (C=O) groups is 1. The van der Waals surface area contributed by atoms with E-state index in [9.17, 15) is 4.79 Å². The van der Waals surface area contributed by atoms with Crippen LogP contribution >= 0.6 is 23.2 Å². The van der Waals surface area contributed by atoms with Crippen molar-refractivity contribution in [2.45, 2.75) is 46.5 Å². The standard InChI is InChI=1S/C16H22Cl2O2/c1-4-7-11(8-5-2)16(19)12-9-14(18)15(20-6-3)10-13(12)17/h9-11H,4-8H2,1-3H3. The van der Waals surface area contributed by atoms with E-state index >= 15 is 0 Å². The highest BCUT2D eigenvalue weighted by Gasteiger charge is 2.22. The topological polar surface area (TPSA) is 26.3 Å². The molecule has 0 aliphatic rings. The molecule has 0 N–H and O–H groups in total. The van der Waals surface area contributed by atoms with E-state index in [1.165, 1.54) is 0 Å². The Kier molecular flexibility index (Phi) is 7.39. The molecule has 0 saturated heterocycles. The average molecular weight is 317 g/mol. The van der Waals surface area contributed by atoms with E-state index in [0.29, 0.717) is 28.0 Å². The van der Waals surface area contributed by atoms with Gasteiger partial charge in [-0.2, -0.15) is 0 Å². The number of rotatable bonds is 8. The van der Waals surface area contributed by atoms with Gasteiger partial charge in [0.1, 0.15) is 5.75 Å². The van der Waals surface area contributed by atoms with Crippen molar-refractivity contribution in [3.63, 3.8) is 0 Å². The van der Waals surface area contributed by atoms with Gasteiger partial charge < -0.3 is 4.74 Å². The molecular weight excluding hydrogens is 295 g/mol. The number of hydrogen-bond acceptors (Lipinski definition) is 2. The molecule has 0 atom stereocenters. The first kappa shape index (κ1) is 17.3. The third kappa shape index (κ3) is 4.39. The summed E-state index contributed by atoms with van der Waals surface area (Å²) in [5.41, 5.74) is 0.506. The smallest absolute Gasteiger partial charge is 0.167 e. The molecule has 2 nitrogen and oxygen atoms in total. The van der Waals surface area contributed by atoms with Crippen LogP contribution in [0.2, 0.25) is 10.0 Å². The van der Waals surface area contributed by atoms with E-state index in [-0.39, 0.29) is 11.7 Å². The SMILES string of the molecule is CCCC(CCC)C(=O)c1cc(Cl)c(OCC)cc1Cl. The fourth-order valence-electron chi connectivity index (χ4n) is 2.31. The maximum absolute atomic E-state index is 12.6. The lowest BCUT2D eigenvalue weighted by Crippen LogP contribution is -2.15. The number of carbonyl (C=O) groups excluding carboxylic acids is 1. The lowest BCUT2D eigenvalue weighted by Gasteiger charge is -2.16. The Morgan fingerprint density at radius 2 is 1.70 bits per heavy atom. The van der Waals surface area contributed by atoms with Gasteiger partial charge in [-0.15, -0.1) is 0 Å². The number of hydrogen-bond donors (Lipinski definition) is 0. The van der Waals surface area contributed by atoms with Gasteiger partial charge in [0.25, 0.3) is 0 Å². The molecule has 4 heteroatoms. The van der Waals surface area contributed by atoms with Crippen LogP contribution in [0, 0.1) is 5.92 Å². The monoisotopic (exact) mass is 316 g/mol. The van der Waals surface area contributed by atoms with Crippen molar-refractivity contribution in [1.82, 2.24) is 0 Å². The van der Waals surface area contributed by atoms with Crippen molar-refractivity contribution < 1.29 is 9.53 Å². The van der Waals surface area contributed by atoms with Crippen LogP contribution in [0.5, 0.6) is 5.75 Å². The molecule has 0 amide bonds. The maximum atomic E-state index is 12.6. The highest BCUT2D eigenvalue weighted by molar-refractivity contribution is 6.36. The Balaban J connectivity index is 3.05. The van der Waals surface area contributed by atoms with Gasteiger partial charge in [0.15, 0.2) is 5.78 Å². The molecule has 0 unspecified atom stereocenters. The summed E-state index contributed by atoms with van der Waals surface area (Å²) in [5, 5.41) is 0.853. The molecule has 0 aliphatic heterocycles. The third-order valence-corrected chi connectivity index (χ3v) is 3.84. The molecule has 0 saturated carbocycles. The second-order valence-corrected chi connectivity index (χ2v) is 5.65. The summed E-state index contributed by atoms with van der Waals surface area (Å²) in [5.74, 6) is 0.637. The Bertz CT molecular complexity index is 452. The summed E-state index contributed by atoms with van der Waals surface area (Å²) in [7, 11) is 0. The fourth-order valence-corrected chi connectivity index (χ4v) is 2.77. The number of halogens is 2. The van der Waals surface area contributed by atoms with Crippen LogP contribution in [0.25, 0.3) is 0 Å². The van der Waals surface area contributed by atoms with Crippen molar-refractivity contribution in [1.29, 1.82) is 0 Å². The quantitative estimate of drug-likeness (QED) is 0.567. The van der Waals surface area contributed by atoms with Crippen LogP contribution in [0.1, 0.15) is 56.8 Å². The molecule has 0 spiro atoms.